The van der Waals surface area contributed by atoms with Crippen molar-refractivity contribution in [2.75, 3.05) is 0 Å². The van der Waals surface area contributed by atoms with Gasteiger partial charge in [0, 0.05) is 6.92 Å². The van der Waals surface area contributed by atoms with Gasteiger partial charge in [0.15, 0.2) is 0 Å². The van der Waals surface area contributed by atoms with Crippen LogP contribution in [0, 0.1) is 0 Å². The first-order valence-electron chi connectivity index (χ1n) is 3.40. The first kappa shape index (κ1) is 11.4. The third-order valence-electron chi connectivity index (χ3n) is 1.18. The van der Waals surface area contributed by atoms with Gasteiger partial charge in [-0.2, -0.15) is 0 Å². The molecule has 0 aromatic rings. The zero-order valence-electron chi connectivity index (χ0n) is 6.90. The fraction of sp³-hybridized carbons (Fsp3) is 0.500. The maximum absolute atomic E-state index is 10.7. The van der Waals surface area contributed by atoms with Crippen LogP contribution in [0.1, 0.15) is 13.3 Å². The molecule has 0 heterocycles. The Labute approximate surface area is 73.7 Å². The summed E-state index contributed by atoms with van der Waals surface area (Å²) in [6.45, 7) is 1.14. The van der Waals surface area contributed by atoms with E-state index in [1.165, 1.54) is 5.48 Å². The Kier molecular flexibility index (Phi) is 4.45. The van der Waals surface area contributed by atoms with Crippen molar-refractivity contribution in [2.45, 2.75) is 19.4 Å². The molecular formula is C6H10N2O5. The molecule has 0 saturated carbocycles. The lowest BCUT2D eigenvalue weighted by atomic mass is 10.2. The lowest BCUT2D eigenvalue weighted by Crippen LogP contribution is -2.46. The first-order valence-corrected chi connectivity index (χ1v) is 3.40. The van der Waals surface area contributed by atoms with E-state index in [9.17, 15) is 14.4 Å². The molecule has 0 saturated heterocycles. The summed E-state index contributed by atoms with van der Waals surface area (Å²) in [5.41, 5.74) is 1.26. The standard InChI is InChI=1S/C6H10N2O5/c1-3(9)7-4(2-5(10)11)6(12)8-13/h4,13H,2H2,1H3,(H,7,9)(H,8,12)(H,10,11)/t4-/m1/s1. The van der Waals surface area contributed by atoms with Crippen LogP contribution in [0.4, 0.5) is 0 Å². The van der Waals surface area contributed by atoms with Crippen molar-refractivity contribution in [1.82, 2.24) is 10.8 Å². The van der Waals surface area contributed by atoms with Crippen molar-refractivity contribution >= 4 is 17.8 Å². The van der Waals surface area contributed by atoms with E-state index in [1.807, 2.05) is 0 Å². The summed E-state index contributed by atoms with van der Waals surface area (Å²) in [7, 11) is 0. The van der Waals surface area contributed by atoms with Gasteiger partial charge in [-0.15, -0.1) is 0 Å². The summed E-state index contributed by atoms with van der Waals surface area (Å²) < 4.78 is 0. The van der Waals surface area contributed by atoms with Gasteiger partial charge < -0.3 is 10.4 Å². The molecule has 0 aromatic heterocycles. The van der Waals surface area contributed by atoms with E-state index in [0.717, 1.165) is 6.92 Å². The second-order valence-corrected chi connectivity index (χ2v) is 2.33. The van der Waals surface area contributed by atoms with Gasteiger partial charge in [-0.1, -0.05) is 0 Å². The fourth-order valence-corrected chi connectivity index (χ4v) is 0.707. The number of carbonyl (C=O) groups excluding carboxylic acids is 2. The Morgan fingerprint density at radius 1 is 1.38 bits per heavy atom. The monoisotopic (exact) mass is 190 g/mol. The molecule has 0 aliphatic carbocycles. The Bertz CT molecular complexity index is 211. The van der Waals surface area contributed by atoms with Crippen molar-refractivity contribution < 1.29 is 24.7 Å². The van der Waals surface area contributed by atoms with Crippen LogP contribution in [-0.2, 0) is 14.4 Å². The van der Waals surface area contributed by atoms with Crippen LogP contribution in [-0.4, -0.2) is 34.1 Å². The topological polar surface area (TPSA) is 116 Å². The Morgan fingerprint density at radius 2 is 1.92 bits per heavy atom. The highest BCUT2D eigenvalue weighted by Crippen LogP contribution is 1.92. The van der Waals surface area contributed by atoms with Crippen molar-refractivity contribution in [3.05, 3.63) is 0 Å². The van der Waals surface area contributed by atoms with Crippen LogP contribution >= 0.6 is 0 Å². The van der Waals surface area contributed by atoms with Gasteiger partial charge in [-0.3, -0.25) is 19.6 Å². The van der Waals surface area contributed by atoms with Crippen LogP contribution in [0.25, 0.3) is 0 Å². The van der Waals surface area contributed by atoms with Gasteiger partial charge in [-0.25, -0.2) is 5.48 Å². The number of nitrogens with one attached hydrogen (secondary N) is 2. The summed E-state index contributed by atoms with van der Waals surface area (Å²) >= 11 is 0. The second kappa shape index (κ2) is 5.09. The lowest BCUT2D eigenvalue weighted by molar-refractivity contribution is -0.142. The Hall–Kier alpha value is -1.63. The molecule has 0 unspecified atom stereocenters. The molecule has 0 aromatic carbocycles. The summed E-state index contributed by atoms with van der Waals surface area (Å²) in [5, 5.41) is 18.6. The van der Waals surface area contributed by atoms with E-state index in [-0.39, 0.29) is 0 Å². The quantitative estimate of drug-likeness (QED) is 0.317. The van der Waals surface area contributed by atoms with E-state index >= 15 is 0 Å². The van der Waals surface area contributed by atoms with E-state index < -0.39 is 30.2 Å². The zero-order valence-corrected chi connectivity index (χ0v) is 6.90. The summed E-state index contributed by atoms with van der Waals surface area (Å²) in [5.74, 6) is -2.75. The lowest BCUT2D eigenvalue weighted by Gasteiger charge is -2.12. The highest BCUT2D eigenvalue weighted by Gasteiger charge is 2.21. The van der Waals surface area contributed by atoms with Crippen LogP contribution in [0.15, 0.2) is 0 Å². The summed E-state index contributed by atoms with van der Waals surface area (Å²) in [6.07, 6.45) is -0.577. The van der Waals surface area contributed by atoms with Crippen LogP contribution < -0.4 is 10.8 Å². The molecule has 7 nitrogen and oxygen atoms in total. The maximum Gasteiger partial charge on any atom is 0.305 e. The van der Waals surface area contributed by atoms with Crippen molar-refractivity contribution in [3.63, 3.8) is 0 Å². The number of hydroxylamine groups is 1. The molecule has 0 aliphatic rings. The van der Waals surface area contributed by atoms with Gasteiger partial charge in [0.1, 0.15) is 6.04 Å². The molecule has 2 amide bonds. The van der Waals surface area contributed by atoms with Crippen molar-refractivity contribution in [2.24, 2.45) is 0 Å². The van der Waals surface area contributed by atoms with Crippen molar-refractivity contribution in [1.29, 1.82) is 0 Å². The van der Waals surface area contributed by atoms with E-state index in [0.29, 0.717) is 0 Å². The summed E-state index contributed by atoms with van der Waals surface area (Å²) in [6, 6.07) is -1.25. The van der Waals surface area contributed by atoms with E-state index in [2.05, 4.69) is 5.32 Å². The summed E-state index contributed by atoms with van der Waals surface area (Å²) in [4.78, 5) is 31.4. The normalized spacial score (nSPS) is 11.5. The molecule has 74 valence electrons. The van der Waals surface area contributed by atoms with Gasteiger partial charge in [-0.05, 0) is 0 Å². The molecule has 0 fully saturated rings. The number of carboxylic acid groups (broad SMARTS) is 1. The molecule has 0 aliphatic heterocycles. The second-order valence-electron chi connectivity index (χ2n) is 2.33. The fourth-order valence-electron chi connectivity index (χ4n) is 0.707. The molecule has 1 atom stereocenters. The zero-order chi connectivity index (χ0) is 10.4. The number of rotatable bonds is 4. The number of hydrogen-bond donors (Lipinski definition) is 4. The van der Waals surface area contributed by atoms with Gasteiger partial charge in [0.2, 0.25) is 5.91 Å². The van der Waals surface area contributed by atoms with Gasteiger partial charge in [0.05, 0.1) is 6.42 Å². The van der Waals surface area contributed by atoms with Crippen LogP contribution in [0.3, 0.4) is 0 Å². The van der Waals surface area contributed by atoms with Crippen LogP contribution in [0.2, 0.25) is 0 Å². The number of carboxylic acids is 1. The molecule has 4 N–H and O–H groups in total. The number of amides is 2. The minimum Gasteiger partial charge on any atom is -0.481 e. The highest BCUT2D eigenvalue weighted by atomic mass is 16.5. The predicted octanol–water partition coefficient (Wildman–Crippen LogP) is -1.53. The third-order valence-corrected chi connectivity index (χ3v) is 1.18. The van der Waals surface area contributed by atoms with E-state index in [4.69, 9.17) is 10.3 Å². The molecule has 7 heteroatoms. The average Bonchev–Trinajstić information content (AvgIpc) is 2.00. The maximum atomic E-state index is 10.7. The molecule has 0 bridgehead atoms. The molecule has 0 spiro atoms. The Balaban J connectivity index is 4.26. The number of aliphatic carboxylic acids is 1. The number of hydrogen-bond acceptors (Lipinski definition) is 4. The highest BCUT2D eigenvalue weighted by molar-refractivity contribution is 5.89. The molecule has 0 rings (SSSR count). The van der Waals surface area contributed by atoms with Crippen molar-refractivity contribution in [3.8, 4) is 0 Å². The third kappa shape index (κ3) is 4.75. The predicted molar refractivity (Wildman–Crippen MR) is 39.8 cm³/mol. The van der Waals surface area contributed by atoms with E-state index in [1.54, 1.807) is 0 Å². The van der Waals surface area contributed by atoms with Gasteiger partial charge in [0.25, 0.3) is 5.91 Å². The largest absolute Gasteiger partial charge is 0.481 e. The molecular weight excluding hydrogens is 180 g/mol. The average molecular weight is 190 g/mol. The Morgan fingerprint density at radius 3 is 2.23 bits per heavy atom. The smallest absolute Gasteiger partial charge is 0.305 e. The van der Waals surface area contributed by atoms with Crippen LogP contribution in [0.5, 0.6) is 0 Å². The number of carbonyl (C=O) groups is 3. The molecule has 0 radical (unpaired) electrons. The first-order chi connectivity index (χ1) is 5.97. The van der Waals surface area contributed by atoms with Gasteiger partial charge >= 0.3 is 5.97 Å². The minimum absolute atomic E-state index is 0.546. The molecule has 13 heavy (non-hydrogen) atoms. The SMILES string of the molecule is CC(=O)N[C@H](CC(=O)O)C(=O)NO. The minimum atomic E-state index is -1.25.